The van der Waals surface area contributed by atoms with E-state index in [4.69, 9.17) is 0 Å². The molecule has 0 aliphatic carbocycles. The molecule has 0 spiro atoms. The van der Waals surface area contributed by atoms with Crippen LogP contribution in [0.2, 0.25) is 0 Å². The van der Waals surface area contributed by atoms with Crippen molar-refractivity contribution in [3.05, 3.63) is 30.6 Å². The smallest absolute Gasteiger partial charge is 0.347 e. The van der Waals surface area contributed by atoms with E-state index in [9.17, 15) is 19.2 Å². The van der Waals surface area contributed by atoms with Crippen LogP contribution in [-0.4, -0.2) is 44.8 Å². The van der Waals surface area contributed by atoms with Crippen LogP contribution in [0.15, 0.2) is 24.6 Å². The maximum absolute atomic E-state index is 12.5. The van der Waals surface area contributed by atoms with Gasteiger partial charge in [-0.05, 0) is 11.8 Å². The minimum Gasteiger partial charge on any atom is -0.465 e. The summed E-state index contributed by atoms with van der Waals surface area (Å²) < 4.78 is 13.6. The minimum atomic E-state index is -0.820. The Labute approximate surface area is 154 Å². The van der Waals surface area contributed by atoms with Crippen LogP contribution in [0.4, 0.5) is 0 Å². The van der Waals surface area contributed by atoms with E-state index in [0.29, 0.717) is 9.39 Å². The first-order valence-electron chi connectivity index (χ1n) is 7.19. The van der Waals surface area contributed by atoms with Gasteiger partial charge in [-0.1, -0.05) is 11.8 Å². The van der Waals surface area contributed by atoms with Crippen molar-refractivity contribution in [2.75, 3.05) is 14.2 Å². The van der Waals surface area contributed by atoms with Crippen LogP contribution in [0.1, 0.15) is 0 Å². The molecule has 2 aromatic rings. The van der Waals surface area contributed by atoms with Crippen LogP contribution in [0.5, 0.6) is 0 Å². The van der Waals surface area contributed by atoms with E-state index in [-0.39, 0.29) is 22.6 Å². The van der Waals surface area contributed by atoms with Gasteiger partial charge in [0.05, 0.1) is 24.3 Å². The third kappa shape index (κ3) is 2.65. The first-order valence-corrected chi connectivity index (χ1v) is 8.99. The molecule has 0 saturated heterocycles. The molecule has 0 saturated carbocycles. The Balaban J connectivity index is 2.22. The van der Waals surface area contributed by atoms with Crippen molar-refractivity contribution in [2.24, 2.45) is 14.1 Å². The topological polar surface area (TPSA) is 114 Å². The monoisotopic (exact) mass is 398 g/mol. The molecule has 0 unspecified atom stereocenters. The lowest BCUT2D eigenvalue weighted by Gasteiger charge is -2.18. The number of esters is 2. The summed E-state index contributed by atoms with van der Waals surface area (Å²) in [6, 6.07) is 0. The van der Waals surface area contributed by atoms with E-state index in [1.165, 1.54) is 44.6 Å². The van der Waals surface area contributed by atoms with Crippen molar-refractivity contribution < 1.29 is 19.1 Å². The predicted octanol–water partition coefficient (Wildman–Crippen LogP) is -0.212. The normalized spacial score (nSPS) is 13.5. The highest BCUT2D eigenvalue weighted by molar-refractivity contribution is 8.22. The van der Waals surface area contributed by atoms with Gasteiger partial charge in [0, 0.05) is 14.1 Å². The molecule has 0 fully saturated rings. The fourth-order valence-electron chi connectivity index (χ4n) is 2.44. The molecule has 26 heavy (non-hydrogen) atoms. The zero-order valence-corrected chi connectivity index (χ0v) is 15.9. The average molecular weight is 398 g/mol. The summed E-state index contributed by atoms with van der Waals surface area (Å²) >= 11 is 2.21. The predicted molar refractivity (Wildman–Crippen MR) is 94.7 cm³/mol. The number of imidazole rings is 1. The lowest BCUT2D eigenvalue weighted by atomic mass is 10.3. The maximum Gasteiger partial charge on any atom is 0.347 e. The molecule has 10 nitrogen and oxygen atoms in total. The number of hydrogen-bond acceptors (Lipinski definition) is 9. The summed E-state index contributed by atoms with van der Waals surface area (Å²) in [6.45, 7) is 0. The fraction of sp³-hybridized carbons (Fsp3) is 0.357. The maximum atomic E-state index is 12.5. The van der Waals surface area contributed by atoms with Crippen molar-refractivity contribution in [3.63, 3.8) is 0 Å². The second kappa shape index (κ2) is 6.68. The number of nitrogens with zero attached hydrogens (tertiary/aromatic N) is 4. The second-order valence-corrected chi connectivity index (χ2v) is 7.41. The van der Waals surface area contributed by atoms with Crippen LogP contribution >= 0.6 is 23.5 Å². The first kappa shape index (κ1) is 18.3. The summed E-state index contributed by atoms with van der Waals surface area (Å²) in [5.41, 5.74) is -0.667. The molecule has 0 aromatic carbocycles. The zero-order valence-electron chi connectivity index (χ0n) is 14.3. The standard InChI is InChI=1S/C14H14N4O6S2/c1-16-8-7(9(19)17(2)14(16)22)18-5-25-12(26-13(18)15-8)6(10(20)23-3)11(21)24-4/h5H2,1-4H3. The summed E-state index contributed by atoms with van der Waals surface area (Å²) in [4.78, 5) is 52.8. The highest BCUT2D eigenvalue weighted by atomic mass is 32.2. The zero-order chi connectivity index (χ0) is 19.2. The lowest BCUT2D eigenvalue weighted by Crippen LogP contribution is -2.37. The molecule has 1 aliphatic heterocycles. The number of carbonyl (C=O) groups is 2. The number of thioether (sulfide) groups is 2. The Morgan fingerprint density at radius 3 is 2.27 bits per heavy atom. The lowest BCUT2D eigenvalue weighted by molar-refractivity contribution is -0.144. The van der Waals surface area contributed by atoms with Crippen LogP contribution in [0.25, 0.3) is 11.2 Å². The van der Waals surface area contributed by atoms with Gasteiger partial charge >= 0.3 is 17.6 Å². The largest absolute Gasteiger partial charge is 0.465 e. The number of ether oxygens (including phenoxy) is 2. The number of fused-ring (bicyclic) bond motifs is 3. The Hall–Kier alpha value is -2.47. The molecular weight excluding hydrogens is 384 g/mol. The number of aryl methyl sites for hydroxylation is 1. The Kier molecular flexibility index (Phi) is 4.71. The van der Waals surface area contributed by atoms with Crippen LogP contribution in [0, 0.1) is 0 Å². The summed E-state index contributed by atoms with van der Waals surface area (Å²) in [7, 11) is 5.24. The van der Waals surface area contributed by atoms with Gasteiger partial charge in [-0.25, -0.2) is 19.4 Å². The van der Waals surface area contributed by atoms with Crippen molar-refractivity contribution in [3.8, 4) is 0 Å². The molecule has 138 valence electrons. The van der Waals surface area contributed by atoms with Gasteiger partial charge in [0.25, 0.3) is 5.56 Å². The van der Waals surface area contributed by atoms with E-state index in [0.717, 1.165) is 16.3 Å². The van der Waals surface area contributed by atoms with Gasteiger partial charge in [-0.2, -0.15) is 0 Å². The molecule has 0 amide bonds. The highest BCUT2D eigenvalue weighted by Crippen LogP contribution is 2.43. The van der Waals surface area contributed by atoms with Crippen LogP contribution < -0.4 is 11.2 Å². The van der Waals surface area contributed by atoms with Gasteiger partial charge in [-0.15, -0.1) is 0 Å². The quantitative estimate of drug-likeness (QED) is 0.293. The second-order valence-electron chi connectivity index (χ2n) is 5.22. The summed E-state index contributed by atoms with van der Waals surface area (Å²) in [5.74, 6) is -1.40. The minimum absolute atomic E-state index is 0.231. The molecular formula is C14H14N4O6S2. The van der Waals surface area contributed by atoms with Crippen LogP contribution in [-0.2, 0) is 39.0 Å². The van der Waals surface area contributed by atoms with E-state index in [1.54, 1.807) is 4.57 Å². The molecule has 1 aliphatic rings. The highest BCUT2D eigenvalue weighted by Gasteiger charge is 2.31. The molecule has 0 N–H and O–H groups in total. The molecule has 3 rings (SSSR count). The van der Waals surface area contributed by atoms with E-state index in [2.05, 4.69) is 14.5 Å². The van der Waals surface area contributed by atoms with Gasteiger partial charge in [0.1, 0.15) is 0 Å². The number of aromatic nitrogens is 4. The van der Waals surface area contributed by atoms with Gasteiger partial charge < -0.3 is 14.0 Å². The number of hydrogen-bond donors (Lipinski definition) is 0. The number of rotatable bonds is 2. The number of methoxy groups -OCH3 is 2. The van der Waals surface area contributed by atoms with Crippen molar-refractivity contribution in [1.29, 1.82) is 0 Å². The van der Waals surface area contributed by atoms with Crippen LogP contribution in [0.3, 0.4) is 0 Å². The van der Waals surface area contributed by atoms with Gasteiger partial charge in [0.15, 0.2) is 21.9 Å². The SMILES string of the molecule is COC(=O)C(C(=O)OC)=C1SCn2c(nc3c2c(=O)n(C)c(=O)n3C)S1. The third-order valence-corrected chi connectivity index (χ3v) is 6.15. The average Bonchev–Trinajstić information content (AvgIpc) is 3.03. The first-order chi connectivity index (χ1) is 12.3. The van der Waals surface area contributed by atoms with Gasteiger partial charge in [0.2, 0.25) is 0 Å². The van der Waals surface area contributed by atoms with Crippen molar-refractivity contribution >= 4 is 46.6 Å². The van der Waals surface area contributed by atoms with E-state index >= 15 is 0 Å². The molecule has 12 heteroatoms. The summed E-state index contributed by atoms with van der Waals surface area (Å²) in [6.07, 6.45) is 0. The Morgan fingerprint density at radius 2 is 1.69 bits per heavy atom. The van der Waals surface area contributed by atoms with E-state index in [1.807, 2.05) is 0 Å². The van der Waals surface area contributed by atoms with E-state index < -0.39 is 23.2 Å². The molecule has 3 heterocycles. The fourth-order valence-corrected chi connectivity index (χ4v) is 4.78. The van der Waals surface area contributed by atoms with Crippen molar-refractivity contribution in [2.45, 2.75) is 11.0 Å². The summed E-state index contributed by atoms with van der Waals surface area (Å²) in [5, 5.41) is 0.386. The Bertz CT molecular complexity index is 1080. The molecule has 0 atom stereocenters. The number of carbonyl (C=O) groups excluding carboxylic acids is 2. The molecule has 2 aromatic heterocycles. The third-order valence-electron chi connectivity index (χ3n) is 3.80. The molecule has 0 bridgehead atoms. The van der Waals surface area contributed by atoms with Gasteiger partial charge in [-0.3, -0.25) is 13.9 Å². The van der Waals surface area contributed by atoms with Crippen molar-refractivity contribution in [1.82, 2.24) is 18.7 Å². The molecule has 0 radical (unpaired) electrons. The Morgan fingerprint density at radius 1 is 1.08 bits per heavy atom.